The van der Waals surface area contributed by atoms with Crippen molar-refractivity contribution in [3.05, 3.63) is 12.7 Å². The normalized spacial score (nSPS) is 36.1. The van der Waals surface area contributed by atoms with Crippen molar-refractivity contribution in [1.82, 2.24) is 0 Å². The minimum atomic E-state index is -1.13. The van der Waals surface area contributed by atoms with Crippen molar-refractivity contribution in [1.29, 1.82) is 0 Å². The van der Waals surface area contributed by atoms with Gasteiger partial charge < -0.3 is 5.11 Å². The summed E-state index contributed by atoms with van der Waals surface area (Å²) < 4.78 is 0. The van der Waals surface area contributed by atoms with E-state index in [-0.39, 0.29) is 22.5 Å². The SMILES string of the molecule is C=CC[C@@H](CCCCCC)C(=O)[C@@]1(O)C[C@H]2CC[C@]1(C)C2(C)C. The second-order valence-electron chi connectivity index (χ2n) is 8.79. The molecule has 0 spiro atoms. The molecule has 0 saturated heterocycles. The van der Waals surface area contributed by atoms with Gasteiger partial charge in [-0.3, -0.25) is 4.79 Å². The highest BCUT2D eigenvalue weighted by atomic mass is 16.3. The molecule has 2 bridgehead atoms. The molecule has 0 aromatic carbocycles. The molecule has 2 fully saturated rings. The van der Waals surface area contributed by atoms with Gasteiger partial charge in [0.15, 0.2) is 5.78 Å². The Hall–Kier alpha value is -0.630. The Kier molecular flexibility index (Phi) is 5.45. The lowest BCUT2D eigenvalue weighted by molar-refractivity contribution is -0.160. The lowest BCUT2D eigenvalue weighted by atomic mass is 9.61. The van der Waals surface area contributed by atoms with Gasteiger partial charge in [0.05, 0.1) is 0 Å². The molecule has 2 rings (SSSR count). The molecule has 0 aliphatic heterocycles. The molecule has 2 heteroatoms. The summed E-state index contributed by atoms with van der Waals surface area (Å²) in [6.07, 6.45) is 10.9. The van der Waals surface area contributed by atoms with Gasteiger partial charge in [0.25, 0.3) is 0 Å². The van der Waals surface area contributed by atoms with Crippen LogP contribution < -0.4 is 0 Å². The van der Waals surface area contributed by atoms with Crippen molar-refractivity contribution < 1.29 is 9.90 Å². The molecule has 1 N–H and O–H groups in total. The topological polar surface area (TPSA) is 37.3 Å². The Morgan fingerprint density at radius 2 is 2.00 bits per heavy atom. The average Bonchev–Trinajstić information content (AvgIpc) is 2.82. The van der Waals surface area contributed by atoms with E-state index in [2.05, 4.69) is 34.3 Å². The highest BCUT2D eigenvalue weighted by molar-refractivity contribution is 5.91. The highest BCUT2D eigenvalue weighted by Crippen LogP contribution is 2.70. The number of ketones is 1. The van der Waals surface area contributed by atoms with Crippen LogP contribution in [0.25, 0.3) is 0 Å². The predicted molar refractivity (Wildman–Crippen MR) is 96.2 cm³/mol. The van der Waals surface area contributed by atoms with Gasteiger partial charge in [0, 0.05) is 11.3 Å². The van der Waals surface area contributed by atoms with Gasteiger partial charge in [-0.25, -0.2) is 0 Å². The highest BCUT2D eigenvalue weighted by Gasteiger charge is 2.71. The monoisotopic (exact) mass is 320 g/mol. The standard InChI is InChI=1S/C21H36O2/c1-6-8-9-10-12-16(11-7-2)18(22)21(23)15-17-13-14-20(21,5)19(17,3)4/h7,16-17,23H,2,6,8-15H2,1,3-5H3/t16-,17+,20+,21-/m0/s1. The van der Waals surface area contributed by atoms with Gasteiger partial charge in [0.1, 0.15) is 5.60 Å². The van der Waals surface area contributed by atoms with Crippen LogP contribution in [0.15, 0.2) is 12.7 Å². The molecule has 0 radical (unpaired) electrons. The fourth-order valence-corrected chi connectivity index (χ4v) is 5.36. The average molecular weight is 321 g/mol. The van der Waals surface area contributed by atoms with Crippen LogP contribution in [0.2, 0.25) is 0 Å². The van der Waals surface area contributed by atoms with E-state index < -0.39 is 5.60 Å². The Balaban J connectivity index is 2.14. The zero-order chi connectivity index (χ0) is 17.3. The molecule has 0 aromatic heterocycles. The first-order valence-corrected chi connectivity index (χ1v) is 9.62. The van der Waals surface area contributed by atoms with Crippen molar-refractivity contribution in [3.8, 4) is 0 Å². The Bertz CT molecular complexity index is 453. The van der Waals surface area contributed by atoms with E-state index in [1.54, 1.807) is 0 Å². The lowest BCUT2D eigenvalue weighted by Crippen LogP contribution is -2.55. The molecular formula is C21H36O2. The van der Waals surface area contributed by atoms with Gasteiger partial charge in [-0.2, -0.15) is 0 Å². The van der Waals surface area contributed by atoms with Crippen molar-refractivity contribution in [2.24, 2.45) is 22.7 Å². The number of fused-ring (bicyclic) bond motifs is 2. The summed E-state index contributed by atoms with van der Waals surface area (Å²) in [4.78, 5) is 13.3. The predicted octanol–water partition coefficient (Wildman–Crippen LogP) is 5.30. The molecular weight excluding hydrogens is 284 g/mol. The van der Waals surface area contributed by atoms with Crippen LogP contribution in [0.4, 0.5) is 0 Å². The zero-order valence-corrected chi connectivity index (χ0v) is 15.7. The molecule has 2 nitrogen and oxygen atoms in total. The first-order valence-electron chi connectivity index (χ1n) is 9.62. The lowest BCUT2D eigenvalue weighted by Gasteiger charge is -2.45. The summed E-state index contributed by atoms with van der Waals surface area (Å²) >= 11 is 0. The second-order valence-corrected chi connectivity index (χ2v) is 8.79. The number of aliphatic hydroxyl groups is 1. The van der Waals surface area contributed by atoms with Crippen molar-refractivity contribution in [2.45, 2.75) is 91.1 Å². The zero-order valence-electron chi connectivity index (χ0n) is 15.7. The fraction of sp³-hybridized carbons (Fsp3) is 0.857. The summed E-state index contributed by atoms with van der Waals surface area (Å²) in [5.41, 5.74) is -1.35. The molecule has 4 atom stereocenters. The van der Waals surface area contributed by atoms with Crippen LogP contribution in [0.1, 0.15) is 85.5 Å². The molecule has 132 valence electrons. The molecule has 2 aliphatic carbocycles. The van der Waals surface area contributed by atoms with Crippen molar-refractivity contribution >= 4 is 5.78 Å². The van der Waals surface area contributed by atoms with E-state index in [4.69, 9.17) is 0 Å². The first-order chi connectivity index (χ1) is 10.7. The summed E-state index contributed by atoms with van der Waals surface area (Å²) in [5, 5.41) is 11.5. The van der Waals surface area contributed by atoms with Crippen molar-refractivity contribution in [2.75, 3.05) is 0 Å². The smallest absolute Gasteiger partial charge is 0.168 e. The van der Waals surface area contributed by atoms with E-state index in [1.807, 2.05) is 6.08 Å². The van der Waals surface area contributed by atoms with Gasteiger partial charge in [-0.05, 0) is 43.4 Å². The first kappa shape index (κ1) is 18.7. The van der Waals surface area contributed by atoms with E-state index in [1.165, 1.54) is 19.3 Å². The maximum absolute atomic E-state index is 13.3. The van der Waals surface area contributed by atoms with Gasteiger partial charge in [-0.15, -0.1) is 6.58 Å². The number of allylic oxidation sites excluding steroid dienone is 1. The van der Waals surface area contributed by atoms with Crippen LogP contribution in [0.5, 0.6) is 0 Å². The third-order valence-corrected chi connectivity index (χ3v) is 7.53. The third-order valence-electron chi connectivity index (χ3n) is 7.53. The number of carbonyl (C=O) groups excluding carboxylic acids is 1. The summed E-state index contributed by atoms with van der Waals surface area (Å²) in [5.74, 6) is 0.527. The fourth-order valence-electron chi connectivity index (χ4n) is 5.36. The van der Waals surface area contributed by atoms with Crippen LogP contribution >= 0.6 is 0 Å². The molecule has 23 heavy (non-hydrogen) atoms. The van der Waals surface area contributed by atoms with Crippen molar-refractivity contribution in [3.63, 3.8) is 0 Å². The number of unbranched alkanes of at least 4 members (excludes halogenated alkanes) is 3. The van der Waals surface area contributed by atoms with Gasteiger partial charge in [-0.1, -0.05) is 59.5 Å². The second kappa shape index (κ2) is 6.70. The van der Waals surface area contributed by atoms with E-state index in [0.29, 0.717) is 18.8 Å². The third kappa shape index (κ3) is 2.81. The summed E-state index contributed by atoms with van der Waals surface area (Å²) in [7, 11) is 0. The maximum atomic E-state index is 13.3. The largest absolute Gasteiger partial charge is 0.381 e. The number of rotatable bonds is 9. The van der Waals surface area contributed by atoms with Crippen LogP contribution in [0, 0.1) is 22.7 Å². The molecule has 0 unspecified atom stereocenters. The minimum Gasteiger partial charge on any atom is -0.381 e. The van der Waals surface area contributed by atoms with E-state index >= 15 is 0 Å². The molecule has 2 aliphatic rings. The summed E-state index contributed by atoms with van der Waals surface area (Å²) in [6, 6.07) is 0. The Morgan fingerprint density at radius 1 is 1.30 bits per heavy atom. The van der Waals surface area contributed by atoms with E-state index in [9.17, 15) is 9.90 Å². The quantitative estimate of drug-likeness (QED) is 0.462. The molecule has 0 aromatic rings. The Morgan fingerprint density at radius 3 is 2.48 bits per heavy atom. The number of Topliss-reactive ketones (excluding diaryl/α,β-unsaturated/α-hetero) is 1. The van der Waals surface area contributed by atoms with Crippen LogP contribution in [-0.2, 0) is 4.79 Å². The number of hydrogen-bond acceptors (Lipinski definition) is 2. The molecule has 2 saturated carbocycles. The Labute approximate surface area is 142 Å². The molecule has 0 amide bonds. The van der Waals surface area contributed by atoms with E-state index in [0.717, 1.165) is 25.7 Å². The number of hydrogen-bond donors (Lipinski definition) is 1. The van der Waals surface area contributed by atoms with Crippen LogP contribution in [0.3, 0.4) is 0 Å². The number of carbonyl (C=O) groups is 1. The van der Waals surface area contributed by atoms with Crippen LogP contribution in [-0.4, -0.2) is 16.5 Å². The minimum absolute atomic E-state index is 0.0539. The maximum Gasteiger partial charge on any atom is 0.168 e. The van der Waals surface area contributed by atoms with Gasteiger partial charge >= 0.3 is 0 Å². The molecule has 0 heterocycles. The summed E-state index contributed by atoms with van der Waals surface area (Å²) in [6.45, 7) is 12.7. The van der Waals surface area contributed by atoms with Gasteiger partial charge in [0.2, 0.25) is 0 Å².